The van der Waals surface area contributed by atoms with Crippen LogP contribution in [0.15, 0.2) is 18.2 Å². The topological polar surface area (TPSA) is 87.7 Å². The molecule has 2 aliphatic rings. The SMILES string of the molecule is CC(C)CNC(=O)C(=O)CCCc1ccc2c(c1)[C@@H]1C[C@H](N2)[C@H](O)CO1. The number of Topliss-reactive ketones (excluding diaryl/α,β-unsaturated/α-hetero) is 1. The van der Waals surface area contributed by atoms with Gasteiger partial charge in [-0.1, -0.05) is 26.0 Å². The molecule has 6 nitrogen and oxygen atoms in total. The minimum absolute atomic E-state index is 0.0167. The van der Waals surface area contributed by atoms with Crippen molar-refractivity contribution in [2.24, 2.45) is 5.92 Å². The summed E-state index contributed by atoms with van der Waals surface area (Å²) in [5.74, 6) is -0.496. The zero-order valence-corrected chi connectivity index (χ0v) is 15.5. The van der Waals surface area contributed by atoms with Crippen LogP contribution in [0.5, 0.6) is 0 Å². The highest BCUT2D eigenvalue weighted by molar-refractivity contribution is 6.36. The number of rotatable bonds is 7. The number of ketones is 1. The van der Waals surface area contributed by atoms with Crippen molar-refractivity contribution in [3.05, 3.63) is 29.3 Å². The van der Waals surface area contributed by atoms with Gasteiger partial charge in [0.15, 0.2) is 0 Å². The summed E-state index contributed by atoms with van der Waals surface area (Å²) >= 11 is 0. The van der Waals surface area contributed by atoms with Gasteiger partial charge in [-0.2, -0.15) is 0 Å². The lowest BCUT2D eigenvalue weighted by Gasteiger charge is -2.40. The van der Waals surface area contributed by atoms with E-state index in [2.05, 4.69) is 16.7 Å². The highest BCUT2D eigenvalue weighted by Crippen LogP contribution is 2.39. The Bertz CT molecular complexity index is 674. The average molecular weight is 360 g/mol. The van der Waals surface area contributed by atoms with E-state index < -0.39 is 12.0 Å². The minimum atomic E-state index is -0.478. The van der Waals surface area contributed by atoms with Crippen LogP contribution >= 0.6 is 0 Å². The van der Waals surface area contributed by atoms with Crippen LogP contribution in [0.4, 0.5) is 5.69 Å². The Hall–Kier alpha value is -1.92. The fraction of sp³-hybridized carbons (Fsp3) is 0.600. The Balaban J connectivity index is 1.52. The van der Waals surface area contributed by atoms with Gasteiger partial charge in [-0.15, -0.1) is 0 Å². The van der Waals surface area contributed by atoms with E-state index in [0.717, 1.165) is 29.7 Å². The van der Waals surface area contributed by atoms with Crippen molar-refractivity contribution in [2.75, 3.05) is 18.5 Å². The number of aliphatic hydroxyl groups is 1. The molecule has 1 aromatic rings. The normalized spacial score (nSPS) is 23.9. The molecule has 3 atom stereocenters. The molecule has 2 heterocycles. The number of benzene rings is 1. The predicted octanol–water partition coefficient (Wildman–Crippen LogP) is 1.97. The first-order valence-corrected chi connectivity index (χ1v) is 9.44. The molecular weight excluding hydrogens is 332 g/mol. The molecule has 0 aromatic heterocycles. The van der Waals surface area contributed by atoms with E-state index in [4.69, 9.17) is 4.74 Å². The van der Waals surface area contributed by atoms with Crippen molar-refractivity contribution in [1.82, 2.24) is 5.32 Å². The van der Waals surface area contributed by atoms with Gasteiger partial charge in [0, 0.05) is 30.6 Å². The molecule has 1 amide bonds. The van der Waals surface area contributed by atoms with Crippen LogP contribution in [0.25, 0.3) is 0 Å². The largest absolute Gasteiger partial charge is 0.389 e. The number of hydrogen-bond donors (Lipinski definition) is 3. The highest BCUT2D eigenvalue weighted by atomic mass is 16.5. The van der Waals surface area contributed by atoms with Crippen LogP contribution in [-0.2, 0) is 20.7 Å². The number of aliphatic hydroxyl groups excluding tert-OH is 1. The Labute approximate surface area is 154 Å². The Morgan fingerprint density at radius 1 is 1.38 bits per heavy atom. The Morgan fingerprint density at radius 3 is 2.96 bits per heavy atom. The number of fused-ring (bicyclic) bond motifs is 4. The summed E-state index contributed by atoms with van der Waals surface area (Å²) in [5.41, 5.74) is 3.26. The molecule has 0 unspecified atom stereocenters. The molecule has 2 bridgehead atoms. The second-order valence-corrected chi connectivity index (χ2v) is 7.68. The van der Waals surface area contributed by atoms with Crippen LogP contribution in [0.3, 0.4) is 0 Å². The summed E-state index contributed by atoms with van der Waals surface area (Å²) < 4.78 is 5.77. The fourth-order valence-electron chi connectivity index (χ4n) is 3.49. The monoisotopic (exact) mass is 360 g/mol. The quantitative estimate of drug-likeness (QED) is 0.647. The molecule has 0 spiro atoms. The number of nitrogens with one attached hydrogen (secondary N) is 2. The lowest BCUT2D eigenvalue weighted by atomic mass is 9.88. The summed E-state index contributed by atoms with van der Waals surface area (Å²) in [6.45, 7) is 4.87. The molecular formula is C20H28N2O4. The van der Waals surface area contributed by atoms with E-state index in [9.17, 15) is 14.7 Å². The molecule has 3 N–H and O–H groups in total. The molecule has 1 fully saturated rings. The molecule has 1 aromatic carbocycles. The number of aryl methyl sites for hydroxylation is 1. The van der Waals surface area contributed by atoms with E-state index in [1.165, 1.54) is 0 Å². The first-order chi connectivity index (χ1) is 12.4. The van der Waals surface area contributed by atoms with Crippen LogP contribution in [0.2, 0.25) is 0 Å². The third kappa shape index (κ3) is 4.43. The van der Waals surface area contributed by atoms with Crippen LogP contribution < -0.4 is 10.6 Å². The van der Waals surface area contributed by atoms with Gasteiger partial charge < -0.3 is 20.5 Å². The first kappa shape index (κ1) is 18.9. The summed E-state index contributed by atoms with van der Waals surface area (Å²) in [7, 11) is 0. The molecule has 2 aliphatic heterocycles. The standard InChI is InChI=1S/C20H28N2O4/c1-12(2)10-21-20(25)17(23)5-3-4-13-6-7-15-14(8-13)19-9-16(22-15)18(24)11-26-19/h6-8,12,16,18-19,22,24H,3-5,9-11H2,1-2H3,(H,21,25)/t16-,18+,19-/m0/s1. The molecule has 3 rings (SSSR count). The number of ether oxygens (including phenoxy) is 1. The van der Waals surface area contributed by atoms with Crippen molar-refractivity contribution in [3.8, 4) is 0 Å². The maximum Gasteiger partial charge on any atom is 0.287 e. The zero-order valence-electron chi connectivity index (χ0n) is 15.5. The third-order valence-corrected chi connectivity index (χ3v) is 5.00. The first-order valence-electron chi connectivity index (χ1n) is 9.44. The van der Waals surface area contributed by atoms with E-state index >= 15 is 0 Å². The zero-order chi connectivity index (χ0) is 18.7. The highest BCUT2D eigenvalue weighted by Gasteiger charge is 2.36. The maximum absolute atomic E-state index is 11.9. The van der Waals surface area contributed by atoms with Crippen LogP contribution in [0.1, 0.15) is 50.3 Å². The van der Waals surface area contributed by atoms with Crippen molar-refractivity contribution >= 4 is 17.4 Å². The molecule has 0 radical (unpaired) electrons. The van der Waals surface area contributed by atoms with Gasteiger partial charge in [0.05, 0.1) is 24.9 Å². The van der Waals surface area contributed by atoms with Gasteiger partial charge >= 0.3 is 0 Å². The van der Waals surface area contributed by atoms with Crippen molar-refractivity contribution in [3.63, 3.8) is 0 Å². The molecule has 6 heteroatoms. The van der Waals surface area contributed by atoms with Crippen molar-refractivity contribution < 1.29 is 19.4 Å². The third-order valence-electron chi connectivity index (χ3n) is 5.00. The maximum atomic E-state index is 11.9. The molecule has 0 aliphatic carbocycles. The van der Waals surface area contributed by atoms with Crippen molar-refractivity contribution in [2.45, 2.75) is 57.8 Å². The van der Waals surface area contributed by atoms with Gasteiger partial charge in [0.25, 0.3) is 5.91 Å². The number of anilines is 1. The van der Waals surface area contributed by atoms with E-state index in [0.29, 0.717) is 25.5 Å². The number of amides is 1. The fourth-order valence-corrected chi connectivity index (χ4v) is 3.49. The number of hydrogen-bond acceptors (Lipinski definition) is 5. The van der Waals surface area contributed by atoms with Gasteiger partial charge in [-0.05, 0) is 30.4 Å². The lowest BCUT2D eigenvalue weighted by molar-refractivity contribution is -0.138. The van der Waals surface area contributed by atoms with Gasteiger partial charge in [-0.3, -0.25) is 9.59 Å². The predicted molar refractivity (Wildman–Crippen MR) is 99.0 cm³/mol. The molecule has 142 valence electrons. The van der Waals surface area contributed by atoms with Crippen LogP contribution in [0, 0.1) is 5.92 Å². The second kappa shape index (κ2) is 8.18. The smallest absolute Gasteiger partial charge is 0.287 e. The molecule has 1 saturated heterocycles. The van der Waals surface area contributed by atoms with E-state index in [1.807, 2.05) is 26.0 Å². The molecule has 0 saturated carbocycles. The summed E-state index contributed by atoms with van der Waals surface area (Å²) in [6.07, 6.45) is 1.97. The minimum Gasteiger partial charge on any atom is -0.389 e. The van der Waals surface area contributed by atoms with Crippen LogP contribution in [-0.4, -0.2) is 42.1 Å². The summed E-state index contributed by atoms with van der Waals surface area (Å²) in [5, 5.41) is 16.0. The lowest BCUT2D eigenvalue weighted by Crippen LogP contribution is -2.45. The second-order valence-electron chi connectivity index (χ2n) is 7.68. The van der Waals surface area contributed by atoms with Gasteiger partial charge in [0.2, 0.25) is 5.78 Å². The van der Waals surface area contributed by atoms with Crippen molar-refractivity contribution in [1.29, 1.82) is 0 Å². The van der Waals surface area contributed by atoms with E-state index in [1.54, 1.807) is 0 Å². The average Bonchev–Trinajstić information content (AvgIpc) is 2.62. The Morgan fingerprint density at radius 2 is 2.19 bits per heavy atom. The number of carbonyl (C=O) groups excluding carboxylic acids is 2. The van der Waals surface area contributed by atoms with Gasteiger partial charge in [0.1, 0.15) is 0 Å². The van der Waals surface area contributed by atoms with Gasteiger partial charge in [-0.25, -0.2) is 0 Å². The summed E-state index contributed by atoms with van der Waals surface area (Å²) in [6, 6.07) is 6.21. The molecule has 26 heavy (non-hydrogen) atoms. The number of carbonyl (C=O) groups is 2. The Kier molecular flexibility index (Phi) is 5.94. The van der Waals surface area contributed by atoms with E-state index in [-0.39, 0.29) is 24.3 Å². The summed E-state index contributed by atoms with van der Waals surface area (Å²) in [4.78, 5) is 23.6.